The van der Waals surface area contributed by atoms with E-state index in [1.807, 2.05) is 48.5 Å². The molecule has 0 saturated heterocycles. The first-order valence-electron chi connectivity index (χ1n) is 8.09. The zero-order chi connectivity index (χ0) is 19.3. The normalized spacial score (nSPS) is 9.46. The van der Waals surface area contributed by atoms with Gasteiger partial charge in [-0.15, -0.1) is 0 Å². The Bertz CT molecular complexity index is 838. The molecule has 2 aromatic carbocycles. The van der Waals surface area contributed by atoms with Crippen molar-refractivity contribution in [3.63, 3.8) is 0 Å². The second-order valence-electron chi connectivity index (χ2n) is 5.14. The topological polar surface area (TPSA) is 81.4 Å². The fourth-order valence-corrected chi connectivity index (χ4v) is 2.15. The van der Waals surface area contributed by atoms with E-state index >= 15 is 0 Å². The zero-order valence-corrected chi connectivity index (χ0v) is 17.0. The van der Waals surface area contributed by atoms with Crippen LogP contribution in [0.2, 0.25) is 0 Å². The van der Waals surface area contributed by atoms with Crippen LogP contribution in [-0.2, 0) is 16.8 Å². The molecule has 145 valence electrons. The van der Waals surface area contributed by atoms with Crippen LogP contribution in [0, 0.1) is 0 Å². The number of pyridine rings is 1. The average molecular weight is 440 g/mol. The molecule has 4 N–H and O–H groups in total. The van der Waals surface area contributed by atoms with E-state index in [1.54, 1.807) is 30.6 Å². The SMILES string of the molecule is COc1cccc(C=NNC(=S)Nc2ccccc2)c1[OH2+].[Co+2].c1ccncc1. The van der Waals surface area contributed by atoms with Gasteiger partial charge in [-0.25, -0.2) is 0 Å². The number of nitrogens with one attached hydrogen (secondary N) is 2. The van der Waals surface area contributed by atoms with Crippen molar-refractivity contribution in [3.05, 3.63) is 84.7 Å². The molecule has 1 heterocycles. The van der Waals surface area contributed by atoms with Gasteiger partial charge in [0.05, 0.1) is 18.9 Å². The molecule has 1 radical (unpaired) electrons. The fourth-order valence-electron chi connectivity index (χ4n) is 1.98. The van der Waals surface area contributed by atoms with Gasteiger partial charge >= 0.3 is 22.5 Å². The van der Waals surface area contributed by atoms with Gasteiger partial charge in [0, 0.05) is 18.1 Å². The number of anilines is 1. The van der Waals surface area contributed by atoms with E-state index < -0.39 is 0 Å². The summed E-state index contributed by atoms with van der Waals surface area (Å²) >= 11 is 5.13. The van der Waals surface area contributed by atoms with Crippen LogP contribution in [0.15, 0.2) is 84.2 Å². The number of hydrogen-bond acceptors (Lipinski definition) is 4. The number of methoxy groups -OCH3 is 1. The molecule has 6 nitrogen and oxygen atoms in total. The van der Waals surface area contributed by atoms with Crippen molar-refractivity contribution in [3.8, 4) is 11.5 Å². The predicted octanol–water partition coefficient (Wildman–Crippen LogP) is 3.53. The Balaban J connectivity index is 0.000000478. The summed E-state index contributed by atoms with van der Waals surface area (Å²) in [7, 11) is 1.53. The Morgan fingerprint density at radius 3 is 2.29 bits per heavy atom. The first-order valence-corrected chi connectivity index (χ1v) is 8.50. The maximum atomic E-state index is 7.92. The fraction of sp³-hybridized carbons (Fsp3) is 0.0500. The quantitative estimate of drug-likeness (QED) is 0.281. The van der Waals surface area contributed by atoms with E-state index in [1.165, 1.54) is 13.3 Å². The third-order valence-electron chi connectivity index (χ3n) is 3.25. The van der Waals surface area contributed by atoms with Gasteiger partial charge in [-0.2, -0.15) is 5.10 Å². The van der Waals surface area contributed by atoms with Gasteiger partial charge in [0.25, 0.3) is 0 Å². The summed E-state index contributed by atoms with van der Waals surface area (Å²) in [4.78, 5) is 3.78. The minimum Gasteiger partial charge on any atom is -0.590 e. The molecular weight excluding hydrogens is 419 g/mol. The molecule has 0 spiro atoms. The molecule has 3 aromatic rings. The van der Waals surface area contributed by atoms with E-state index in [4.69, 9.17) is 22.1 Å². The maximum Gasteiger partial charge on any atom is 2.00 e. The minimum atomic E-state index is 0. The van der Waals surface area contributed by atoms with Gasteiger partial charge in [-0.05, 0) is 48.6 Å². The molecule has 0 saturated carbocycles. The number of rotatable bonds is 4. The molecule has 8 heteroatoms. The predicted molar refractivity (Wildman–Crippen MR) is 114 cm³/mol. The summed E-state index contributed by atoms with van der Waals surface area (Å²) in [5.41, 5.74) is 4.24. The van der Waals surface area contributed by atoms with Gasteiger partial charge in [0.15, 0.2) is 5.11 Å². The Morgan fingerprint density at radius 2 is 1.71 bits per heavy atom. The monoisotopic (exact) mass is 440 g/mol. The first-order chi connectivity index (χ1) is 13.2. The second kappa shape index (κ2) is 13.3. The Morgan fingerprint density at radius 1 is 1.04 bits per heavy atom. The molecule has 0 bridgehead atoms. The second-order valence-corrected chi connectivity index (χ2v) is 5.55. The van der Waals surface area contributed by atoms with Crippen molar-refractivity contribution in [2.75, 3.05) is 12.4 Å². The number of nitrogens with zero attached hydrogens (tertiary/aromatic N) is 2. The van der Waals surface area contributed by atoms with Crippen molar-refractivity contribution in [1.82, 2.24) is 10.4 Å². The summed E-state index contributed by atoms with van der Waals surface area (Å²) in [6, 6.07) is 20.6. The van der Waals surface area contributed by atoms with E-state index in [2.05, 4.69) is 20.8 Å². The Kier molecular flexibility index (Phi) is 10.9. The average Bonchev–Trinajstić information content (AvgIpc) is 2.72. The summed E-state index contributed by atoms with van der Waals surface area (Å²) in [6.45, 7) is 0. The standard InChI is InChI=1S/C15H15N3O2S.C5H5N.Co/c1-20-13-9-5-6-11(14(13)19)10-16-18-15(21)17-12-7-3-2-4-8-12;1-2-4-6-5-3-1;/h2-10,19H,1H3,(H2,17,18,21);1-5H;/q;;+2/p+1. The van der Waals surface area contributed by atoms with Gasteiger partial charge in [0.1, 0.15) is 0 Å². The summed E-state index contributed by atoms with van der Waals surface area (Å²) in [6.07, 6.45) is 5.03. The third-order valence-corrected chi connectivity index (χ3v) is 3.44. The largest absolute Gasteiger partial charge is 2.00 e. The number of aromatic nitrogens is 1. The van der Waals surface area contributed by atoms with E-state index in [-0.39, 0.29) is 22.5 Å². The molecule has 3 rings (SSSR count). The molecule has 1 aromatic heterocycles. The smallest absolute Gasteiger partial charge is 0.590 e. The number of benzene rings is 2. The van der Waals surface area contributed by atoms with E-state index in [9.17, 15) is 0 Å². The van der Waals surface area contributed by atoms with Crippen LogP contribution in [0.25, 0.3) is 0 Å². The van der Waals surface area contributed by atoms with Gasteiger partial charge in [0.2, 0.25) is 5.75 Å². The summed E-state index contributed by atoms with van der Waals surface area (Å²) in [5.74, 6) is 0.788. The Hall–Kier alpha value is -2.94. The zero-order valence-electron chi connectivity index (χ0n) is 15.1. The molecule has 0 aliphatic heterocycles. The van der Waals surface area contributed by atoms with Gasteiger partial charge in [-0.1, -0.05) is 30.3 Å². The molecule has 0 fully saturated rings. The number of hydrogen-bond donors (Lipinski definition) is 2. The van der Waals surface area contributed by atoms with Crippen LogP contribution >= 0.6 is 12.2 Å². The number of hydrazone groups is 1. The summed E-state index contributed by atoms with van der Waals surface area (Å²) < 4.78 is 5.08. The molecule has 0 aliphatic carbocycles. The number of thiocarbonyl (C=S) groups is 1. The van der Waals surface area contributed by atoms with Crippen molar-refractivity contribution < 1.29 is 26.6 Å². The number of para-hydroxylation sites is 2. The van der Waals surface area contributed by atoms with Crippen LogP contribution in [0.1, 0.15) is 5.56 Å². The first kappa shape index (κ1) is 23.1. The molecule has 0 atom stereocenters. The third kappa shape index (κ3) is 8.17. The minimum absolute atomic E-state index is 0. The Labute approximate surface area is 179 Å². The van der Waals surface area contributed by atoms with Crippen LogP contribution < -0.4 is 15.5 Å². The number of ether oxygens (including phenoxy) is 1. The van der Waals surface area contributed by atoms with Crippen LogP contribution in [-0.4, -0.2) is 28.5 Å². The van der Waals surface area contributed by atoms with Crippen LogP contribution in [0.4, 0.5) is 5.69 Å². The maximum absolute atomic E-state index is 7.92. The van der Waals surface area contributed by atoms with Crippen molar-refractivity contribution in [2.45, 2.75) is 0 Å². The van der Waals surface area contributed by atoms with Gasteiger partial charge in [-0.3, -0.25) is 10.4 Å². The summed E-state index contributed by atoms with van der Waals surface area (Å²) in [5, 5.41) is 15.3. The molecule has 0 amide bonds. The van der Waals surface area contributed by atoms with E-state index in [0.29, 0.717) is 16.4 Å². The molecule has 0 aliphatic rings. The van der Waals surface area contributed by atoms with Crippen LogP contribution in [0.3, 0.4) is 0 Å². The van der Waals surface area contributed by atoms with Crippen molar-refractivity contribution in [2.24, 2.45) is 5.10 Å². The van der Waals surface area contributed by atoms with Crippen molar-refractivity contribution >= 4 is 29.2 Å². The van der Waals surface area contributed by atoms with E-state index in [0.717, 1.165) is 5.69 Å². The molecule has 0 unspecified atom stereocenters. The van der Waals surface area contributed by atoms with Crippen molar-refractivity contribution in [1.29, 1.82) is 0 Å². The van der Waals surface area contributed by atoms with Gasteiger partial charge < -0.3 is 15.2 Å². The van der Waals surface area contributed by atoms with Crippen LogP contribution in [0.5, 0.6) is 11.5 Å². The molecule has 28 heavy (non-hydrogen) atoms. The molecular formula is C20H21CoN4O2S+3.